The van der Waals surface area contributed by atoms with E-state index in [0.717, 1.165) is 5.56 Å². The van der Waals surface area contributed by atoms with Crippen molar-refractivity contribution >= 4 is 23.9 Å². The van der Waals surface area contributed by atoms with Gasteiger partial charge in [0.25, 0.3) is 0 Å². The maximum atomic E-state index is 14.3. The van der Waals surface area contributed by atoms with Crippen LogP contribution in [0.25, 0.3) is 0 Å². The zero-order valence-electron chi connectivity index (χ0n) is 24.1. The molecule has 4 bridgehead atoms. The van der Waals surface area contributed by atoms with E-state index in [1.165, 1.54) is 0 Å². The Morgan fingerprint density at radius 3 is 2.48 bits per heavy atom. The number of cyclic esters (lactones) is 1. The van der Waals surface area contributed by atoms with Gasteiger partial charge in [-0.05, 0) is 70.6 Å². The summed E-state index contributed by atoms with van der Waals surface area (Å²) >= 11 is 0. The van der Waals surface area contributed by atoms with E-state index < -0.39 is 34.7 Å². The normalized spacial score (nSPS) is 31.2. The molecule has 5 rings (SSSR count). The average molecular weight is 557 g/mol. The quantitative estimate of drug-likeness (QED) is 0.385. The SMILES string of the molecule is CCOC(=O)C[C@]12[C@@H]3CCN(C(=O)OC(C)(C)C)[C@H]1[C@@]1(CCC(=O)OC1)C[C@@H]3C(=O)N2Cc1ccc(OC)cc1. The molecule has 1 spiro atoms. The third-order valence-electron chi connectivity index (χ3n) is 9.09. The van der Waals surface area contributed by atoms with Gasteiger partial charge in [0.05, 0.1) is 38.3 Å². The molecule has 5 atom stereocenters. The highest BCUT2D eigenvalue weighted by atomic mass is 16.6. The van der Waals surface area contributed by atoms with Crippen molar-refractivity contribution in [3.05, 3.63) is 29.8 Å². The summed E-state index contributed by atoms with van der Waals surface area (Å²) in [4.78, 5) is 57.2. The first kappa shape index (κ1) is 28.2. The molecule has 0 N–H and O–H groups in total. The first-order chi connectivity index (χ1) is 18.9. The third-order valence-corrected chi connectivity index (χ3v) is 9.09. The van der Waals surface area contributed by atoms with E-state index >= 15 is 0 Å². The van der Waals surface area contributed by atoms with Gasteiger partial charge in [0, 0.05) is 30.8 Å². The molecular formula is C30H40N2O8. The molecular weight excluding hydrogens is 516 g/mol. The maximum absolute atomic E-state index is 14.3. The van der Waals surface area contributed by atoms with Crippen molar-refractivity contribution in [3.63, 3.8) is 0 Å². The zero-order valence-corrected chi connectivity index (χ0v) is 24.1. The van der Waals surface area contributed by atoms with Crippen LogP contribution in [0.1, 0.15) is 65.4 Å². The molecule has 3 heterocycles. The first-order valence-electron chi connectivity index (χ1n) is 14.2. The number of methoxy groups -OCH3 is 1. The Bertz CT molecular complexity index is 1170. The lowest BCUT2D eigenvalue weighted by atomic mass is 9.51. The number of hydrogen-bond acceptors (Lipinski definition) is 8. The van der Waals surface area contributed by atoms with Crippen molar-refractivity contribution in [2.24, 2.45) is 17.3 Å². The Hall–Kier alpha value is -3.30. The van der Waals surface area contributed by atoms with E-state index in [-0.39, 0.29) is 56.3 Å². The average Bonchev–Trinajstić information content (AvgIpc) is 3.05. The van der Waals surface area contributed by atoms with Gasteiger partial charge in [-0.1, -0.05) is 12.1 Å². The number of rotatable bonds is 6. The minimum Gasteiger partial charge on any atom is -0.497 e. The molecule has 0 unspecified atom stereocenters. The largest absolute Gasteiger partial charge is 0.497 e. The molecule has 0 radical (unpaired) electrons. The Morgan fingerprint density at radius 2 is 1.88 bits per heavy atom. The number of likely N-dealkylation sites (tertiary alicyclic amines) is 2. The molecule has 40 heavy (non-hydrogen) atoms. The molecule has 2 amide bonds. The van der Waals surface area contributed by atoms with Gasteiger partial charge in [0.2, 0.25) is 5.91 Å². The second kappa shape index (κ2) is 10.3. The van der Waals surface area contributed by atoms with Crippen molar-refractivity contribution in [2.75, 3.05) is 26.9 Å². The Morgan fingerprint density at radius 1 is 1.15 bits per heavy atom. The number of carbonyl (C=O) groups excluding carboxylic acids is 4. The summed E-state index contributed by atoms with van der Waals surface area (Å²) < 4.78 is 22.3. The van der Waals surface area contributed by atoms with E-state index in [1.807, 2.05) is 49.9 Å². The molecule has 4 aliphatic rings. The molecule has 3 aliphatic heterocycles. The summed E-state index contributed by atoms with van der Waals surface area (Å²) in [6.45, 7) is 8.16. The fourth-order valence-electron chi connectivity index (χ4n) is 7.76. The summed E-state index contributed by atoms with van der Waals surface area (Å²) in [6, 6.07) is 6.91. The van der Waals surface area contributed by atoms with Crippen LogP contribution < -0.4 is 4.74 Å². The van der Waals surface area contributed by atoms with Gasteiger partial charge >= 0.3 is 18.0 Å². The van der Waals surface area contributed by atoms with Gasteiger partial charge in [-0.3, -0.25) is 14.4 Å². The third kappa shape index (κ3) is 4.69. The van der Waals surface area contributed by atoms with E-state index in [0.29, 0.717) is 31.6 Å². The van der Waals surface area contributed by atoms with Crippen molar-refractivity contribution in [3.8, 4) is 5.75 Å². The number of ether oxygens (including phenoxy) is 4. The fourth-order valence-corrected chi connectivity index (χ4v) is 7.76. The molecule has 10 heteroatoms. The maximum Gasteiger partial charge on any atom is 0.410 e. The zero-order chi connectivity index (χ0) is 28.9. The number of esters is 2. The van der Waals surface area contributed by atoms with E-state index in [4.69, 9.17) is 18.9 Å². The standard InChI is InChI=1S/C30H40N2O8/c1-6-38-24(34)16-30-22-12-14-31(27(36)40-28(2,3)4)26(30)29(13-11-23(33)39-18-29)15-21(22)25(35)32(30)17-19-7-9-20(37-5)10-8-19/h7-10,21-22,26H,6,11-18H2,1-5H3/t21-,22+,26-,29-,30-/m0/s1. The Labute approximate surface area is 235 Å². The highest BCUT2D eigenvalue weighted by Crippen LogP contribution is 2.64. The number of hydrogen-bond donors (Lipinski definition) is 0. The number of piperidine rings is 1. The highest BCUT2D eigenvalue weighted by molar-refractivity contribution is 5.87. The number of carbonyl (C=O) groups is 4. The van der Waals surface area contributed by atoms with Gasteiger partial charge in [-0.2, -0.15) is 0 Å². The van der Waals surface area contributed by atoms with E-state index in [2.05, 4.69) is 0 Å². The van der Waals surface area contributed by atoms with Crippen LogP contribution in [0.15, 0.2) is 24.3 Å². The van der Waals surface area contributed by atoms with Crippen LogP contribution in [0, 0.1) is 17.3 Å². The van der Waals surface area contributed by atoms with E-state index in [9.17, 15) is 19.2 Å². The number of nitrogens with zero attached hydrogens (tertiary/aromatic N) is 2. The van der Waals surface area contributed by atoms with Gasteiger partial charge < -0.3 is 28.7 Å². The molecule has 1 aromatic rings. The van der Waals surface area contributed by atoms with Crippen LogP contribution in [-0.2, 0) is 35.1 Å². The predicted molar refractivity (Wildman–Crippen MR) is 143 cm³/mol. The monoisotopic (exact) mass is 556 g/mol. The van der Waals surface area contributed by atoms with Crippen molar-refractivity contribution in [1.82, 2.24) is 9.80 Å². The van der Waals surface area contributed by atoms with Gasteiger partial charge in [-0.15, -0.1) is 0 Å². The lowest BCUT2D eigenvalue weighted by Crippen LogP contribution is -2.75. The van der Waals surface area contributed by atoms with Crippen molar-refractivity contribution in [2.45, 2.75) is 83.5 Å². The smallest absolute Gasteiger partial charge is 0.410 e. The summed E-state index contributed by atoms with van der Waals surface area (Å²) in [7, 11) is 1.60. The molecule has 10 nitrogen and oxygen atoms in total. The second-order valence-corrected chi connectivity index (χ2v) is 12.6. The first-order valence-corrected chi connectivity index (χ1v) is 14.2. The summed E-state index contributed by atoms with van der Waals surface area (Å²) in [6.07, 6.45) is 1.16. The van der Waals surface area contributed by atoms with Crippen LogP contribution in [-0.4, -0.2) is 77.8 Å². The fraction of sp³-hybridized carbons (Fsp3) is 0.667. The minimum atomic E-state index is -1.04. The second-order valence-electron chi connectivity index (χ2n) is 12.6. The molecule has 4 fully saturated rings. The minimum absolute atomic E-state index is 0.0325. The Kier molecular flexibility index (Phi) is 7.25. The van der Waals surface area contributed by atoms with Gasteiger partial charge in [-0.25, -0.2) is 4.79 Å². The van der Waals surface area contributed by atoms with Crippen molar-refractivity contribution in [1.29, 1.82) is 0 Å². The summed E-state index contributed by atoms with van der Waals surface area (Å²) in [5.41, 5.74) is -1.58. The Balaban J connectivity index is 1.66. The van der Waals surface area contributed by atoms with Gasteiger partial charge in [0.1, 0.15) is 11.4 Å². The van der Waals surface area contributed by atoms with Crippen LogP contribution >= 0.6 is 0 Å². The topological polar surface area (TPSA) is 112 Å². The lowest BCUT2D eigenvalue weighted by molar-refractivity contribution is -0.187. The summed E-state index contributed by atoms with van der Waals surface area (Å²) in [5.74, 6) is -0.541. The predicted octanol–water partition coefficient (Wildman–Crippen LogP) is 3.70. The van der Waals surface area contributed by atoms with Crippen LogP contribution in [0.2, 0.25) is 0 Å². The van der Waals surface area contributed by atoms with Crippen LogP contribution in [0.3, 0.4) is 0 Å². The molecule has 1 aliphatic carbocycles. The molecule has 218 valence electrons. The van der Waals surface area contributed by atoms with Gasteiger partial charge in [0.15, 0.2) is 0 Å². The highest BCUT2D eigenvalue weighted by Gasteiger charge is 2.75. The number of amides is 2. The molecule has 0 aromatic heterocycles. The molecule has 1 aromatic carbocycles. The summed E-state index contributed by atoms with van der Waals surface area (Å²) in [5, 5.41) is 0. The molecule has 3 saturated heterocycles. The van der Waals surface area contributed by atoms with Crippen LogP contribution in [0.5, 0.6) is 5.75 Å². The van der Waals surface area contributed by atoms with E-state index in [1.54, 1.807) is 18.9 Å². The lowest BCUT2D eigenvalue weighted by Gasteiger charge is -2.63. The number of benzene rings is 1. The van der Waals surface area contributed by atoms with Crippen LogP contribution in [0.4, 0.5) is 4.79 Å². The van der Waals surface area contributed by atoms with Crippen molar-refractivity contribution < 1.29 is 38.1 Å². The number of fused-ring (bicyclic) bond motifs is 1. The molecule has 1 saturated carbocycles.